The first-order chi connectivity index (χ1) is 7.08. The molecule has 1 atom stereocenters. The Morgan fingerprint density at radius 1 is 1.40 bits per heavy atom. The molecule has 1 fully saturated rings. The molecule has 15 heavy (non-hydrogen) atoms. The number of hydrogen-bond acceptors (Lipinski definition) is 2. The van der Waals surface area contributed by atoms with Gasteiger partial charge in [0.05, 0.1) is 0 Å². The molecule has 1 N–H and O–H groups in total. The smallest absolute Gasteiger partial charge is 0.126 e. The summed E-state index contributed by atoms with van der Waals surface area (Å²) in [7, 11) is 0. The molecule has 1 unspecified atom stereocenters. The van der Waals surface area contributed by atoms with Crippen LogP contribution in [0.1, 0.15) is 38.7 Å². The van der Waals surface area contributed by atoms with Crippen molar-refractivity contribution in [2.45, 2.75) is 46.1 Å². The zero-order valence-electron chi connectivity index (χ0n) is 9.88. The molecule has 0 aliphatic heterocycles. The van der Waals surface area contributed by atoms with Gasteiger partial charge in [0.15, 0.2) is 0 Å². The second-order valence-electron chi connectivity index (χ2n) is 5.30. The van der Waals surface area contributed by atoms with Crippen LogP contribution in [0.25, 0.3) is 0 Å². The van der Waals surface area contributed by atoms with Gasteiger partial charge in [0, 0.05) is 12.2 Å². The zero-order valence-corrected chi connectivity index (χ0v) is 9.88. The molecule has 1 aliphatic rings. The third-order valence-electron chi connectivity index (χ3n) is 3.49. The molecular weight excluding hydrogens is 184 g/mol. The first-order valence-electron chi connectivity index (χ1n) is 5.77. The van der Waals surface area contributed by atoms with E-state index in [-0.39, 0.29) is 0 Å². The van der Waals surface area contributed by atoms with Crippen molar-refractivity contribution in [1.82, 2.24) is 4.98 Å². The van der Waals surface area contributed by atoms with E-state index in [0.717, 1.165) is 5.82 Å². The van der Waals surface area contributed by atoms with Crippen molar-refractivity contribution >= 4 is 5.82 Å². The number of pyridine rings is 1. The predicted octanol–water partition coefficient (Wildman–Crippen LogP) is 3.38. The fraction of sp³-hybridized carbons (Fsp3) is 0.615. The molecule has 1 aromatic rings. The fourth-order valence-electron chi connectivity index (χ4n) is 2.33. The van der Waals surface area contributed by atoms with Crippen molar-refractivity contribution < 1.29 is 0 Å². The first-order valence-corrected chi connectivity index (χ1v) is 5.77. The van der Waals surface area contributed by atoms with Gasteiger partial charge in [-0.1, -0.05) is 26.3 Å². The van der Waals surface area contributed by atoms with Crippen LogP contribution in [-0.4, -0.2) is 11.0 Å². The maximum atomic E-state index is 4.40. The summed E-state index contributed by atoms with van der Waals surface area (Å²) in [4.78, 5) is 4.40. The van der Waals surface area contributed by atoms with Gasteiger partial charge in [0.1, 0.15) is 5.82 Å². The van der Waals surface area contributed by atoms with Gasteiger partial charge in [0.25, 0.3) is 0 Å². The van der Waals surface area contributed by atoms with Crippen molar-refractivity contribution in [3.8, 4) is 0 Å². The molecule has 0 amide bonds. The number of nitrogens with one attached hydrogen (secondary N) is 1. The Labute approximate surface area is 92.1 Å². The molecule has 0 aromatic carbocycles. The average molecular weight is 204 g/mol. The highest BCUT2D eigenvalue weighted by atomic mass is 15.0. The molecule has 1 aromatic heterocycles. The number of aryl methyl sites for hydroxylation is 1. The predicted molar refractivity (Wildman–Crippen MR) is 64.0 cm³/mol. The highest BCUT2D eigenvalue weighted by Crippen LogP contribution is 2.38. The van der Waals surface area contributed by atoms with Crippen molar-refractivity contribution in [2.75, 3.05) is 5.32 Å². The molecule has 1 aliphatic carbocycles. The Balaban J connectivity index is 2.06. The molecule has 0 radical (unpaired) electrons. The van der Waals surface area contributed by atoms with E-state index in [4.69, 9.17) is 0 Å². The molecule has 2 nitrogen and oxygen atoms in total. The number of nitrogens with zero attached hydrogens (tertiary/aromatic N) is 1. The normalized spacial score (nSPS) is 24.1. The van der Waals surface area contributed by atoms with Crippen LogP contribution in [0.4, 0.5) is 5.82 Å². The Kier molecular flexibility index (Phi) is 2.68. The van der Waals surface area contributed by atoms with Crippen LogP contribution in [0, 0.1) is 12.3 Å². The Hall–Kier alpha value is -1.05. The standard InChI is InChI=1S/C13H20N2/c1-10-6-7-12(14-9-10)15-11-5-4-8-13(11,2)3/h6-7,9,11H,4-5,8H2,1-3H3,(H,14,15). The van der Waals surface area contributed by atoms with Crippen molar-refractivity contribution in [1.29, 1.82) is 0 Å². The van der Waals surface area contributed by atoms with Crippen LogP contribution >= 0.6 is 0 Å². The lowest BCUT2D eigenvalue weighted by atomic mass is 9.87. The molecule has 2 heteroatoms. The maximum Gasteiger partial charge on any atom is 0.126 e. The lowest BCUT2D eigenvalue weighted by molar-refractivity contribution is 0.349. The van der Waals surface area contributed by atoms with E-state index in [1.54, 1.807) is 0 Å². The quantitative estimate of drug-likeness (QED) is 0.798. The summed E-state index contributed by atoms with van der Waals surface area (Å²) in [5.41, 5.74) is 1.62. The summed E-state index contributed by atoms with van der Waals surface area (Å²) in [6.07, 6.45) is 5.83. The van der Waals surface area contributed by atoms with Gasteiger partial charge >= 0.3 is 0 Å². The maximum absolute atomic E-state index is 4.40. The molecule has 0 bridgehead atoms. The number of anilines is 1. The summed E-state index contributed by atoms with van der Waals surface area (Å²) in [6, 6.07) is 4.76. The SMILES string of the molecule is Cc1ccc(NC2CCCC2(C)C)nc1. The molecule has 82 valence electrons. The summed E-state index contributed by atoms with van der Waals surface area (Å²) in [6.45, 7) is 6.74. The van der Waals surface area contributed by atoms with Gasteiger partial charge < -0.3 is 5.32 Å². The largest absolute Gasteiger partial charge is 0.367 e. The molecule has 2 rings (SSSR count). The minimum absolute atomic E-state index is 0.409. The number of hydrogen-bond donors (Lipinski definition) is 1. The van der Waals surface area contributed by atoms with Crippen LogP contribution in [-0.2, 0) is 0 Å². The van der Waals surface area contributed by atoms with E-state index in [1.807, 2.05) is 6.20 Å². The highest BCUT2D eigenvalue weighted by Gasteiger charge is 2.34. The minimum atomic E-state index is 0.409. The van der Waals surface area contributed by atoms with Crippen LogP contribution in [0.3, 0.4) is 0 Å². The van der Waals surface area contributed by atoms with E-state index >= 15 is 0 Å². The van der Waals surface area contributed by atoms with Gasteiger partial charge in [-0.25, -0.2) is 4.98 Å². The topological polar surface area (TPSA) is 24.9 Å². The summed E-state index contributed by atoms with van der Waals surface area (Å²) >= 11 is 0. The van der Waals surface area contributed by atoms with E-state index < -0.39 is 0 Å². The van der Waals surface area contributed by atoms with Crippen LogP contribution in [0.2, 0.25) is 0 Å². The highest BCUT2D eigenvalue weighted by molar-refractivity contribution is 5.37. The van der Waals surface area contributed by atoms with E-state index in [0.29, 0.717) is 11.5 Å². The fourth-order valence-corrected chi connectivity index (χ4v) is 2.33. The average Bonchev–Trinajstić information content (AvgIpc) is 2.50. The van der Waals surface area contributed by atoms with Crippen LogP contribution < -0.4 is 5.32 Å². The van der Waals surface area contributed by atoms with E-state index in [1.165, 1.54) is 24.8 Å². The van der Waals surface area contributed by atoms with Gasteiger partial charge in [-0.05, 0) is 36.8 Å². The Morgan fingerprint density at radius 3 is 2.73 bits per heavy atom. The Morgan fingerprint density at radius 2 is 2.20 bits per heavy atom. The van der Waals surface area contributed by atoms with Crippen molar-refractivity contribution in [2.24, 2.45) is 5.41 Å². The second-order valence-corrected chi connectivity index (χ2v) is 5.30. The summed E-state index contributed by atoms with van der Waals surface area (Å²) in [5, 5.41) is 3.55. The molecule has 0 saturated heterocycles. The first kappa shape index (κ1) is 10.5. The number of aromatic nitrogens is 1. The minimum Gasteiger partial charge on any atom is -0.367 e. The van der Waals surface area contributed by atoms with Crippen molar-refractivity contribution in [3.05, 3.63) is 23.9 Å². The molecular formula is C13H20N2. The van der Waals surface area contributed by atoms with E-state index in [9.17, 15) is 0 Å². The molecule has 1 saturated carbocycles. The van der Waals surface area contributed by atoms with Gasteiger partial charge in [0.2, 0.25) is 0 Å². The van der Waals surface area contributed by atoms with Crippen molar-refractivity contribution in [3.63, 3.8) is 0 Å². The van der Waals surface area contributed by atoms with Crippen LogP contribution in [0.15, 0.2) is 18.3 Å². The molecule has 0 spiro atoms. The van der Waals surface area contributed by atoms with Crippen LogP contribution in [0.5, 0.6) is 0 Å². The summed E-state index contributed by atoms with van der Waals surface area (Å²) < 4.78 is 0. The zero-order chi connectivity index (χ0) is 10.9. The Bertz CT molecular complexity index is 327. The molecule has 1 heterocycles. The number of rotatable bonds is 2. The second kappa shape index (κ2) is 3.84. The third-order valence-corrected chi connectivity index (χ3v) is 3.49. The lowest BCUT2D eigenvalue weighted by Gasteiger charge is -2.28. The van der Waals surface area contributed by atoms with Gasteiger partial charge in [-0.2, -0.15) is 0 Å². The van der Waals surface area contributed by atoms with Gasteiger partial charge in [-0.3, -0.25) is 0 Å². The third kappa shape index (κ3) is 2.31. The lowest BCUT2D eigenvalue weighted by Crippen LogP contribution is -2.31. The summed E-state index contributed by atoms with van der Waals surface area (Å²) in [5.74, 6) is 1.01. The van der Waals surface area contributed by atoms with Gasteiger partial charge in [-0.15, -0.1) is 0 Å². The monoisotopic (exact) mass is 204 g/mol. The van der Waals surface area contributed by atoms with E-state index in [2.05, 4.69) is 43.2 Å².